The topological polar surface area (TPSA) is 86.7 Å². The van der Waals surface area contributed by atoms with Gasteiger partial charge in [0.25, 0.3) is 12.9 Å². The van der Waals surface area contributed by atoms with E-state index in [1.54, 1.807) is 6.92 Å². The zero-order valence-corrected chi connectivity index (χ0v) is 10.9. The quantitative estimate of drug-likeness (QED) is 0.334. The number of hydrogen-bond acceptors (Lipinski definition) is 6. The molecular formula is C13H18O6. The van der Waals surface area contributed by atoms with E-state index in [4.69, 9.17) is 0 Å². The van der Waals surface area contributed by atoms with Gasteiger partial charge < -0.3 is 9.47 Å². The zero-order chi connectivity index (χ0) is 15.1. The van der Waals surface area contributed by atoms with Crippen LogP contribution in [-0.4, -0.2) is 37.7 Å². The van der Waals surface area contributed by atoms with Crippen LogP contribution in [0.15, 0.2) is 24.8 Å². The summed E-state index contributed by atoms with van der Waals surface area (Å²) in [5.41, 5.74) is 0.495. The van der Waals surface area contributed by atoms with Crippen molar-refractivity contribution in [2.75, 3.05) is 13.2 Å². The van der Waals surface area contributed by atoms with Crippen molar-refractivity contribution in [3.8, 4) is 0 Å². The SMILES string of the molecule is C=C(C)C(=O)CCOC=O.C=CC(=O)CCOC=O. The Balaban J connectivity index is 0. The van der Waals surface area contributed by atoms with E-state index in [0.29, 0.717) is 18.5 Å². The maximum atomic E-state index is 10.7. The van der Waals surface area contributed by atoms with E-state index < -0.39 is 0 Å². The van der Waals surface area contributed by atoms with Gasteiger partial charge >= 0.3 is 0 Å². The van der Waals surface area contributed by atoms with Crippen LogP contribution in [0.1, 0.15) is 19.8 Å². The average Bonchev–Trinajstić information content (AvgIpc) is 2.39. The van der Waals surface area contributed by atoms with Crippen LogP contribution < -0.4 is 0 Å². The van der Waals surface area contributed by atoms with Crippen molar-refractivity contribution in [2.45, 2.75) is 19.8 Å². The van der Waals surface area contributed by atoms with Crippen LogP contribution in [0.5, 0.6) is 0 Å². The van der Waals surface area contributed by atoms with Crippen LogP contribution >= 0.6 is 0 Å². The summed E-state index contributed by atoms with van der Waals surface area (Å²) in [6.45, 7) is 9.25. The lowest BCUT2D eigenvalue weighted by Gasteiger charge is -1.96. The molecule has 0 unspecified atom stereocenters. The highest BCUT2D eigenvalue weighted by Gasteiger charge is 2.00. The number of Topliss-reactive ketones (excluding diaryl/α,β-unsaturated/α-hetero) is 1. The van der Waals surface area contributed by atoms with Gasteiger partial charge in [0.2, 0.25) is 0 Å². The van der Waals surface area contributed by atoms with Crippen molar-refractivity contribution < 1.29 is 28.7 Å². The highest BCUT2D eigenvalue weighted by molar-refractivity contribution is 5.94. The fourth-order valence-electron chi connectivity index (χ4n) is 0.723. The van der Waals surface area contributed by atoms with Gasteiger partial charge in [-0.15, -0.1) is 0 Å². The second-order valence-electron chi connectivity index (χ2n) is 3.31. The van der Waals surface area contributed by atoms with Gasteiger partial charge in [0.1, 0.15) is 0 Å². The molecule has 0 aliphatic heterocycles. The van der Waals surface area contributed by atoms with Crippen molar-refractivity contribution in [3.63, 3.8) is 0 Å². The number of carbonyl (C=O) groups excluding carboxylic acids is 4. The Morgan fingerprint density at radius 1 is 1.05 bits per heavy atom. The summed E-state index contributed by atoms with van der Waals surface area (Å²) in [7, 11) is 0. The maximum absolute atomic E-state index is 10.7. The van der Waals surface area contributed by atoms with Crippen molar-refractivity contribution in [1.29, 1.82) is 0 Å². The van der Waals surface area contributed by atoms with E-state index in [0.717, 1.165) is 0 Å². The molecule has 0 atom stereocenters. The normalized spacial score (nSPS) is 8.26. The van der Waals surface area contributed by atoms with Gasteiger partial charge in [-0.3, -0.25) is 19.2 Å². The fraction of sp³-hybridized carbons (Fsp3) is 0.385. The number of rotatable bonds is 10. The molecule has 0 heterocycles. The summed E-state index contributed by atoms with van der Waals surface area (Å²) < 4.78 is 8.57. The Morgan fingerprint density at radius 3 is 1.89 bits per heavy atom. The molecule has 0 aliphatic carbocycles. The summed E-state index contributed by atoms with van der Waals surface area (Å²) in [5.74, 6) is -0.182. The smallest absolute Gasteiger partial charge is 0.293 e. The molecular weight excluding hydrogens is 252 g/mol. The van der Waals surface area contributed by atoms with Crippen LogP contribution in [0.2, 0.25) is 0 Å². The molecule has 0 aromatic rings. The molecule has 0 N–H and O–H groups in total. The lowest BCUT2D eigenvalue weighted by atomic mass is 10.2. The van der Waals surface area contributed by atoms with Gasteiger partial charge in [-0.1, -0.05) is 13.2 Å². The Labute approximate surface area is 112 Å². The van der Waals surface area contributed by atoms with E-state index >= 15 is 0 Å². The minimum Gasteiger partial charge on any atom is -0.467 e. The number of carbonyl (C=O) groups is 4. The third-order valence-electron chi connectivity index (χ3n) is 1.75. The molecule has 19 heavy (non-hydrogen) atoms. The van der Waals surface area contributed by atoms with Gasteiger partial charge in [-0.2, -0.15) is 0 Å². The predicted molar refractivity (Wildman–Crippen MR) is 68.3 cm³/mol. The second kappa shape index (κ2) is 13.8. The standard InChI is InChI=1S/C7H10O3.C6H8O3/c1-6(2)7(9)3-4-10-5-8;1-2-6(8)3-4-9-5-7/h5H,1,3-4H2,2H3;2,5H,1,3-4H2. The highest BCUT2D eigenvalue weighted by Crippen LogP contribution is 1.94. The molecule has 0 bridgehead atoms. The molecule has 6 nitrogen and oxygen atoms in total. The molecule has 0 aliphatic rings. The van der Waals surface area contributed by atoms with Gasteiger partial charge in [0, 0.05) is 12.8 Å². The zero-order valence-electron chi connectivity index (χ0n) is 10.9. The van der Waals surface area contributed by atoms with Crippen LogP contribution in [0, 0.1) is 0 Å². The Kier molecular flexibility index (Phi) is 13.9. The third-order valence-corrected chi connectivity index (χ3v) is 1.75. The van der Waals surface area contributed by atoms with Gasteiger partial charge in [-0.25, -0.2) is 0 Å². The fourth-order valence-corrected chi connectivity index (χ4v) is 0.723. The number of ether oxygens (including phenoxy) is 2. The molecule has 0 aromatic carbocycles. The first kappa shape index (κ1) is 19.1. The third kappa shape index (κ3) is 15.8. The molecule has 0 spiro atoms. The molecule has 0 saturated carbocycles. The first-order chi connectivity index (χ1) is 8.99. The Bertz CT molecular complexity index is 332. The number of allylic oxidation sites excluding steroid dienone is 2. The maximum Gasteiger partial charge on any atom is 0.293 e. The summed E-state index contributed by atoms with van der Waals surface area (Å²) in [5, 5.41) is 0. The molecule has 106 valence electrons. The van der Waals surface area contributed by atoms with Crippen LogP contribution in [0.4, 0.5) is 0 Å². The predicted octanol–water partition coefficient (Wildman–Crippen LogP) is 0.999. The van der Waals surface area contributed by atoms with Gasteiger partial charge in [0.15, 0.2) is 11.6 Å². The minimum absolute atomic E-state index is 0.0677. The molecule has 0 amide bonds. The summed E-state index contributed by atoms with van der Waals surface area (Å²) in [6, 6.07) is 0. The van der Waals surface area contributed by atoms with Gasteiger partial charge in [0.05, 0.1) is 13.2 Å². The largest absolute Gasteiger partial charge is 0.467 e. The van der Waals surface area contributed by atoms with Crippen LogP contribution in [-0.2, 0) is 28.7 Å². The first-order valence-corrected chi connectivity index (χ1v) is 5.44. The second-order valence-corrected chi connectivity index (χ2v) is 3.31. The van der Waals surface area contributed by atoms with Gasteiger partial charge in [-0.05, 0) is 18.6 Å². The van der Waals surface area contributed by atoms with E-state index in [2.05, 4.69) is 22.6 Å². The first-order valence-electron chi connectivity index (χ1n) is 5.44. The van der Waals surface area contributed by atoms with E-state index in [1.165, 1.54) is 6.08 Å². The molecule has 0 aromatic heterocycles. The summed E-state index contributed by atoms with van der Waals surface area (Å²) >= 11 is 0. The van der Waals surface area contributed by atoms with Crippen LogP contribution in [0.3, 0.4) is 0 Å². The highest BCUT2D eigenvalue weighted by atomic mass is 16.5. The molecule has 0 fully saturated rings. The summed E-state index contributed by atoms with van der Waals surface area (Å²) in [4.78, 5) is 40.2. The Morgan fingerprint density at radius 2 is 1.53 bits per heavy atom. The molecule has 0 saturated heterocycles. The average molecular weight is 270 g/mol. The van der Waals surface area contributed by atoms with Crippen molar-refractivity contribution in [3.05, 3.63) is 24.8 Å². The monoisotopic (exact) mass is 270 g/mol. The summed E-state index contributed by atoms with van der Waals surface area (Å²) in [6.07, 6.45) is 1.66. The van der Waals surface area contributed by atoms with E-state index in [9.17, 15) is 19.2 Å². The number of hydrogen-bond donors (Lipinski definition) is 0. The minimum atomic E-state index is -0.114. The number of ketones is 2. The van der Waals surface area contributed by atoms with E-state index in [1.807, 2.05) is 0 Å². The van der Waals surface area contributed by atoms with Crippen molar-refractivity contribution in [2.24, 2.45) is 0 Å². The van der Waals surface area contributed by atoms with Crippen molar-refractivity contribution >= 4 is 24.5 Å². The molecule has 6 heteroatoms. The van der Waals surface area contributed by atoms with Crippen molar-refractivity contribution in [1.82, 2.24) is 0 Å². The van der Waals surface area contributed by atoms with Crippen LogP contribution in [0.25, 0.3) is 0 Å². The molecule has 0 rings (SSSR count). The van der Waals surface area contributed by atoms with E-state index in [-0.39, 0.29) is 37.6 Å². The lowest BCUT2D eigenvalue weighted by molar-refractivity contribution is -0.131. The Hall–Kier alpha value is -2.24. The lowest BCUT2D eigenvalue weighted by Crippen LogP contribution is -2.03. The molecule has 0 radical (unpaired) electrons.